The summed E-state index contributed by atoms with van der Waals surface area (Å²) in [7, 11) is 0. The number of benzene rings is 1. The van der Waals surface area contributed by atoms with Gasteiger partial charge in [-0.3, -0.25) is 4.98 Å². The van der Waals surface area contributed by atoms with Crippen LogP contribution in [-0.2, 0) is 0 Å². The maximum absolute atomic E-state index is 5.50. The summed E-state index contributed by atoms with van der Waals surface area (Å²) in [6.45, 7) is 4.66. The standard InChI is InChI=1S/C21H18N4OS2/c1-3-26-21-23-11-19(28-21)18-10-17-20(27-18)16(6-7-22-17)25-14-4-5-15-13(9-14)8-12(2)24-15/h4-11,24H,3H2,1-2H3,(H,22,25). The molecule has 2 N–H and O–H groups in total. The molecule has 4 heterocycles. The lowest BCUT2D eigenvalue weighted by Crippen LogP contribution is -1.90. The maximum atomic E-state index is 5.50. The van der Waals surface area contributed by atoms with Crippen molar-refractivity contribution < 1.29 is 4.74 Å². The Bertz CT molecular complexity index is 1280. The molecule has 1 aromatic carbocycles. The van der Waals surface area contributed by atoms with Crippen molar-refractivity contribution in [2.24, 2.45) is 0 Å². The molecule has 5 aromatic rings. The van der Waals surface area contributed by atoms with E-state index < -0.39 is 0 Å². The third-order valence-electron chi connectivity index (χ3n) is 4.44. The predicted octanol–water partition coefficient (Wildman–Crippen LogP) is 6.35. The van der Waals surface area contributed by atoms with Gasteiger partial charge < -0.3 is 15.0 Å². The molecule has 0 unspecified atom stereocenters. The minimum Gasteiger partial charge on any atom is -0.470 e. The number of thiophene rings is 1. The zero-order valence-electron chi connectivity index (χ0n) is 15.4. The Morgan fingerprint density at radius 2 is 2.00 bits per heavy atom. The van der Waals surface area contributed by atoms with Gasteiger partial charge in [-0.25, -0.2) is 4.98 Å². The lowest BCUT2D eigenvalue weighted by Gasteiger charge is -2.07. The number of anilines is 2. The van der Waals surface area contributed by atoms with E-state index in [9.17, 15) is 0 Å². The van der Waals surface area contributed by atoms with E-state index in [0.29, 0.717) is 11.8 Å². The molecule has 0 aliphatic heterocycles. The van der Waals surface area contributed by atoms with Gasteiger partial charge in [-0.1, -0.05) is 11.3 Å². The minimum absolute atomic E-state index is 0.625. The first kappa shape index (κ1) is 17.2. The number of aromatic amines is 1. The van der Waals surface area contributed by atoms with Crippen LogP contribution >= 0.6 is 22.7 Å². The number of fused-ring (bicyclic) bond motifs is 2. The zero-order chi connectivity index (χ0) is 19.1. The molecule has 7 heteroatoms. The van der Waals surface area contributed by atoms with E-state index in [2.05, 4.69) is 57.5 Å². The van der Waals surface area contributed by atoms with Gasteiger partial charge in [-0.2, -0.15) is 0 Å². The molecule has 0 amide bonds. The maximum Gasteiger partial charge on any atom is 0.273 e. The van der Waals surface area contributed by atoms with Gasteiger partial charge in [0.1, 0.15) is 0 Å². The molecule has 140 valence electrons. The molecule has 0 spiro atoms. The number of thiazole rings is 1. The van der Waals surface area contributed by atoms with Crippen LogP contribution in [0.4, 0.5) is 11.4 Å². The number of aromatic nitrogens is 3. The molecule has 0 radical (unpaired) electrons. The van der Waals surface area contributed by atoms with Gasteiger partial charge in [-0.15, -0.1) is 11.3 Å². The topological polar surface area (TPSA) is 62.8 Å². The summed E-state index contributed by atoms with van der Waals surface area (Å²) in [4.78, 5) is 14.5. The molecule has 0 bridgehead atoms. The van der Waals surface area contributed by atoms with Crippen molar-refractivity contribution in [1.82, 2.24) is 15.0 Å². The van der Waals surface area contributed by atoms with Crippen molar-refractivity contribution in [2.45, 2.75) is 13.8 Å². The Morgan fingerprint density at radius 1 is 1.07 bits per heavy atom. The first-order chi connectivity index (χ1) is 13.7. The molecule has 0 fully saturated rings. The highest BCUT2D eigenvalue weighted by Crippen LogP contribution is 2.40. The van der Waals surface area contributed by atoms with Crippen LogP contribution in [0.2, 0.25) is 0 Å². The summed E-state index contributed by atoms with van der Waals surface area (Å²) in [6.07, 6.45) is 3.72. The van der Waals surface area contributed by atoms with Gasteiger partial charge in [0.05, 0.1) is 33.6 Å². The van der Waals surface area contributed by atoms with Crippen LogP contribution in [0.25, 0.3) is 30.9 Å². The number of ether oxygens (including phenoxy) is 1. The minimum atomic E-state index is 0.625. The van der Waals surface area contributed by atoms with E-state index in [1.807, 2.05) is 25.4 Å². The third-order valence-corrected chi connectivity index (χ3v) is 6.70. The van der Waals surface area contributed by atoms with Crippen LogP contribution in [0.5, 0.6) is 5.19 Å². The summed E-state index contributed by atoms with van der Waals surface area (Å²) in [5, 5.41) is 5.46. The highest BCUT2D eigenvalue weighted by molar-refractivity contribution is 7.26. The lowest BCUT2D eigenvalue weighted by atomic mass is 10.2. The molecule has 0 saturated heterocycles. The van der Waals surface area contributed by atoms with Gasteiger partial charge in [0.2, 0.25) is 0 Å². The normalized spacial score (nSPS) is 11.4. The van der Waals surface area contributed by atoms with Crippen molar-refractivity contribution in [3.8, 4) is 14.9 Å². The van der Waals surface area contributed by atoms with Crippen molar-refractivity contribution in [3.63, 3.8) is 0 Å². The molecule has 0 aliphatic carbocycles. The fourth-order valence-corrected chi connectivity index (χ4v) is 5.21. The summed E-state index contributed by atoms with van der Waals surface area (Å²) in [6, 6.07) is 12.7. The molecule has 5 nitrogen and oxygen atoms in total. The largest absolute Gasteiger partial charge is 0.470 e. The van der Waals surface area contributed by atoms with Crippen LogP contribution in [-0.4, -0.2) is 21.6 Å². The van der Waals surface area contributed by atoms with Crippen molar-refractivity contribution in [1.29, 1.82) is 0 Å². The Hall–Kier alpha value is -2.90. The van der Waals surface area contributed by atoms with E-state index in [-0.39, 0.29) is 0 Å². The molecule has 4 aromatic heterocycles. The molecular weight excluding hydrogens is 388 g/mol. The highest BCUT2D eigenvalue weighted by Gasteiger charge is 2.12. The molecule has 28 heavy (non-hydrogen) atoms. The number of nitrogens with one attached hydrogen (secondary N) is 2. The van der Waals surface area contributed by atoms with Crippen LogP contribution in [0.3, 0.4) is 0 Å². The first-order valence-electron chi connectivity index (χ1n) is 9.03. The van der Waals surface area contributed by atoms with Gasteiger partial charge in [0, 0.05) is 33.4 Å². The number of hydrogen-bond donors (Lipinski definition) is 2. The number of hydrogen-bond acceptors (Lipinski definition) is 6. The highest BCUT2D eigenvalue weighted by atomic mass is 32.1. The van der Waals surface area contributed by atoms with E-state index in [4.69, 9.17) is 4.74 Å². The zero-order valence-corrected chi connectivity index (χ0v) is 17.1. The number of rotatable bonds is 5. The van der Waals surface area contributed by atoms with Crippen LogP contribution in [0.1, 0.15) is 12.6 Å². The Balaban J connectivity index is 1.50. The van der Waals surface area contributed by atoms with Crippen LogP contribution in [0.15, 0.2) is 48.8 Å². The Morgan fingerprint density at radius 3 is 2.89 bits per heavy atom. The second kappa shape index (κ2) is 6.92. The van der Waals surface area contributed by atoms with Crippen LogP contribution < -0.4 is 10.1 Å². The Labute approximate surface area is 170 Å². The number of aryl methyl sites for hydroxylation is 1. The summed E-state index contributed by atoms with van der Waals surface area (Å²) in [5.74, 6) is 0. The fraction of sp³-hybridized carbons (Fsp3) is 0.143. The van der Waals surface area contributed by atoms with E-state index in [0.717, 1.165) is 42.6 Å². The SMILES string of the molecule is CCOc1ncc(-c2cc3nccc(Nc4ccc5[nH]c(C)cc5c4)c3s2)s1. The second-order valence-corrected chi connectivity index (χ2v) is 8.53. The summed E-state index contributed by atoms with van der Waals surface area (Å²) < 4.78 is 6.64. The summed E-state index contributed by atoms with van der Waals surface area (Å²) in [5.41, 5.74) is 5.41. The number of H-pyrrole nitrogens is 1. The fourth-order valence-electron chi connectivity index (χ4n) is 3.23. The van der Waals surface area contributed by atoms with Gasteiger partial charge in [-0.05, 0) is 50.2 Å². The Kier molecular flexibility index (Phi) is 4.26. The predicted molar refractivity (Wildman–Crippen MR) is 118 cm³/mol. The van der Waals surface area contributed by atoms with Crippen LogP contribution in [0, 0.1) is 6.92 Å². The monoisotopic (exact) mass is 406 g/mol. The van der Waals surface area contributed by atoms with Gasteiger partial charge >= 0.3 is 0 Å². The quantitative estimate of drug-likeness (QED) is 0.357. The molecule has 0 atom stereocenters. The molecule has 0 aliphatic rings. The number of pyridine rings is 1. The molecule has 5 rings (SSSR count). The van der Waals surface area contributed by atoms with Crippen molar-refractivity contribution >= 4 is 55.2 Å². The molecule has 0 saturated carbocycles. The second-order valence-electron chi connectivity index (χ2n) is 6.49. The third kappa shape index (κ3) is 3.12. The van der Waals surface area contributed by atoms with E-state index in [1.165, 1.54) is 5.39 Å². The number of nitrogens with zero attached hydrogens (tertiary/aromatic N) is 2. The van der Waals surface area contributed by atoms with Crippen molar-refractivity contribution in [3.05, 3.63) is 54.5 Å². The molecular formula is C21H18N4OS2. The average molecular weight is 407 g/mol. The summed E-state index contributed by atoms with van der Waals surface area (Å²) >= 11 is 3.28. The van der Waals surface area contributed by atoms with E-state index in [1.54, 1.807) is 22.7 Å². The smallest absolute Gasteiger partial charge is 0.273 e. The van der Waals surface area contributed by atoms with E-state index >= 15 is 0 Å². The first-order valence-corrected chi connectivity index (χ1v) is 10.7. The van der Waals surface area contributed by atoms with Gasteiger partial charge in [0.25, 0.3) is 5.19 Å². The lowest BCUT2D eigenvalue weighted by molar-refractivity contribution is 0.338. The average Bonchev–Trinajstić information content (AvgIpc) is 3.39. The van der Waals surface area contributed by atoms with Crippen molar-refractivity contribution in [2.75, 3.05) is 11.9 Å². The van der Waals surface area contributed by atoms with Gasteiger partial charge in [0.15, 0.2) is 0 Å².